The fourth-order valence-electron chi connectivity index (χ4n) is 12.9. The van der Waals surface area contributed by atoms with E-state index in [0.717, 1.165) is 62.7 Å². The summed E-state index contributed by atoms with van der Waals surface area (Å²) >= 11 is 0. The van der Waals surface area contributed by atoms with Gasteiger partial charge >= 0.3 is 0 Å². The van der Waals surface area contributed by atoms with Crippen molar-refractivity contribution in [2.24, 2.45) is 23.7 Å². The molecule has 4 fully saturated rings. The Kier molecular flexibility index (Phi) is 7.52. The van der Waals surface area contributed by atoms with E-state index in [1.807, 2.05) is 6.07 Å². The Balaban J connectivity index is 0.879. The first-order chi connectivity index (χ1) is 29.7. The normalized spacial score (nSPS) is 22.1. The van der Waals surface area contributed by atoms with Crippen molar-refractivity contribution in [3.8, 4) is 44.5 Å². The second kappa shape index (κ2) is 13.2. The Bertz CT molecular complexity index is 3050. The third kappa shape index (κ3) is 5.00. The summed E-state index contributed by atoms with van der Waals surface area (Å²) in [5, 5.41) is 2.23. The lowest BCUT2D eigenvalue weighted by Crippen LogP contribution is -2.55. The first-order valence-electron chi connectivity index (χ1n) is 22.0. The number of nitrogens with zero attached hydrogens (tertiary/aromatic N) is 1. The van der Waals surface area contributed by atoms with Gasteiger partial charge in [0.05, 0.1) is 11.1 Å². The summed E-state index contributed by atoms with van der Waals surface area (Å²) in [6.45, 7) is 0. The van der Waals surface area contributed by atoms with Gasteiger partial charge in [-0.15, -0.1) is 0 Å². The molecule has 5 aliphatic rings. The van der Waals surface area contributed by atoms with Crippen LogP contribution in [-0.2, 0) is 5.41 Å². The van der Waals surface area contributed by atoms with Crippen LogP contribution in [0.3, 0.4) is 0 Å². The van der Waals surface area contributed by atoms with Crippen molar-refractivity contribution in [2.75, 3.05) is 4.90 Å². The molecule has 8 aromatic carbocycles. The van der Waals surface area contributed by atoms with E-state index in [1.165, 1.54) is 76.6 Å². The predicted molar refractivity (Wildman–Crippen MR) is 248 cm³/mol. The van der Waals surface area contributed by atoms with E-state index in [9.17, 15) is 0 Å². The molecule has 1 spiro atoms. The van der Waals surface area contributed by atoms with Crippen LogP contribution < -0.4 is 4.90 Å². The van der Waals surface area contributed by atoms with Crippen LogP contribution in [0.25, 0.3) is 66.4 Å². The number of rotatable bonds is 6. The van der Waals surface area contributed by atoms with Gasteiger partial charge < -0.3 is 9.32 Å². The zero-order chi connectivity index (χ0) is 39.4. The lowest BCUT2D eigenvalue weighted by atomic mass is 9.42. The monoisotopic (exact) mass is 771 g/mol. The fourth-order valence-corrected chi connectivity index (χ4v) is 12.9. The molecular weight excluding hydrogens is 727 g/mol. The molecule has 0 unspecified atom stereocenters. The summed E-state index contributed by atoms with van der Waals surface area (Å²) < 4.78 is 6.38. The Morgan fingerprint density at radius 3 is 1.62 bits per heavy atom. The molecular formula is C58H45NO. The molecule has 0 saturated heterocycles. The van der Waals surface area contributed by atoms with Gasteiger partial charge in [-0.2, -0.15) is 0 Å². The molecule has 4 saturated carbocycles. The van der Waals surface area contributed by atoms with Crippen LogP contribution in [0.5, 0.6) is 0 Å². The summed E-state index contributed by atoms with van der Waals surface area (Å²) in [4.78, 5) is 2.37. The van der Waals surface area contributed by atoms with Crippen LogP contribution in [0.2, 0.25) is 0 Å². The second-order valence-corrected chi connectivity index (χ2v) is 18.1. The van der Waals surface area contributed by atoms with E-state index >= 15 is 0 Å². The highest BCUT2D eigenvalue weighted by molar-refractivity contribution is 6.13. The highest BCUT2D eigenvalue weighted by Crippen LogP contribution is 2.70. The summed E-state index contributed by atoms with van der Waals surface area (Å²) in [5.41, 5.74) is 19.1. The number of para-hydroxylation sites is 1. The lowest BCUT2D eigenvalue weighted by molar-refractivity contribution is -0.0397. The summed E-state index contributed by atoms with van der Waals surface area (Å²) in [7, 11) is 0. The zero-order valence-corrected chi connectivity index (χ0v) is 33.6. The molecule has 2 heteroatoms. The average Bonchev–Trinajstić information content (AvgIpc) is 3.84. The topological polar surface area (TPSA) is 16.4 Å². The molecule has 1 heterocycles. The Labute approximate surface area is 351 Å². The second-order valence-electron chi connectivity index (χ2n) is 18.1. The van der Waals surface area contributed by atoms with Gasteiger partial charge in [-0.1, -0.05) is 146 Å². The van der Waals surface area contributed by atoms with Crippen LogP contribution in [-0.4, -0.2) is 0 Å². The molecule has 288 valence electrons. The van der Waals surface area contributed by atoms with Gasteiger partial charge in [-0.25, -0.2) is 0 Å². The zero-order valence-electron chi connectivity index (χ0n) is 33.6. The van der Waals surface area contributed by atoms with E-state index in [-0.39, 0.29) is 5.41 Å². The maximum absolute atomic E-state index is 6.38. The number of hydrogen-bond acceptors (Lipinski definition) is 2. The van der Waals surface area contributed by atoms with E-state index in [0.29, 0.717) is 0 Å². The Hall–Kier alpha value is -6.64. The van der Waals surface area contributed by atoms with Gasteiger partial charge in [-0.3, -0.25) is 0 Å². The van der Waals surface area contributed by atoms with Crippen LogP contribution in [0, 0.1) is 23.7 Å². The van der Waals surface area contributed by atoms with Gasteiger partial charge in [0.1, 0.15) is 11.2 Å². The molecule has 0 N–H and O–H groups in total. The molecule has 0 amide bonds. The number of furan rings is 1. The molecule has 0 aliphatic heterocycles. The molecule has 14 rings (SSSR count). The summed E-state index contributed by atoms with van der Waals surface area (Å²) in [6.07, 6.45) is 7.06. The molecule has 4 bridgehead atoms. The maximum Gasteiger partial charge on any atom is 0.137 e. The first-order valence-corrected chi connectivity index (χ1v) is 22.0. The molecule has 60 heavy (non-hydrogen) atoms. The van der Waals surface area contributed by atoms with Crippen LogP contribution in [0.1, 0.15) is 43.2 Å². The quantitative estimate of drug-likeness (QED) is 0.167. The minimum absolute atomic E-state index is 0.144. The van der Waals surface area contributed by atoms with E-state index in [1.54, 1.807) is 11.1 Å². The van der Waals surface area contributed by atoms with Crippen LogP contribution in [0.15, 0.2) is 192 Å². The van der Waals surface area contributed by atoms with Gasteiger partial charge in [0.2, 0.25) is 0 Å². The van der Waals surface area contributed by atoms with Crippen molar-refractivity contribution in [1.82, 2.24) is 0 Å². The third-order valence-electron chi connectivity index (χ3n) is 15.1. The van der Waals surface area contributed by atoms with Crippen LogP contribution in [0.4, 0.5) is 17.1 Å². The van der Waals surface area contributed by atoms with Crippen molar-refractivity contribution >= 4 is 39.0 Å². The van der Waals surface area contributed by atoms with Crippen molar-refractivity contribution < 1.29 is 4.42 Å². The fraction of sp³-hybridized carbons (Fsp3) is 0.172. The molecule has 9 aromatic rings. The van der Waals surface area contributed by atoms with Gasteiger partial charge in [0, 0.05) is 22.2 Å². The number of hydrogen-bond donors (Lipinski definition) is 0. The largest absolute Gasteiger partial charge is 0.456 e. The molecule has 0 radical (unpaired) electrons. The molecule has 0 atom stereocenters. The Morgan fingerprint density at radius 2 is 0.917 bits per heavy atom. The molecule has 2 nitrogen and oxygen atoms in total. The highest BCUT2D eigenvalue weighted by Gasteiger charge is 2.62. The standard InChI is InChI=1S/C58H45NO/c1-2-10-39(11-3-1)41-24-28-46(29-25-41)59(53-17-9-19-55-56(53)51-13-5-7-18-54(51)60-55)47-30-26-42(27-31-47)40-20-22-43(23-21-40)48-14-8-15-50-49-12-4-6-16-52(49)58(57(48)50)44-33-37-32-38(35-44)36-45(58)34-37/h1-31,37-38,44-45H,32-36H2. The predicted octanol–water partition coefficient (Wildman–Crippen LogP) is 15.8. The Morgan fingerprint density at radius 1 is 0.400 bits per heavy atom. The molecule has 1 aromatic heterocycles. The molecule has 5 aliphatic carbocycles. The average molecular weight is 772 g/mol. The SMILES string of the molecule is c1ccc(-c2ccc(N(c3ccc(-c4ccc(-c5cccc6c5C5(c7ccccc7-6)C6CC7CC(C6)CC5C7)cc4)cc3)c3cccc4oc5ccccc5c34)cc2)cc1. The first kappa shape index (κ1) is 34.2. The number of fused-ring (bicyclic) bond motifs is 6. The third-order valence-corrected chi connectivity index (χ3v) is 15.1. The van der Waals surface area contributed by atoms with Gasteiger partial charge in [0.15, 0.2) is 0 Å². The summed E-state index contributed by atoms with van der Waals surface area (Å²) in [5.74, 6) is 3.35. The maximum atomic E-state index is 6.38. The minimum Gasteiger partial charge on any atom is -0.456 e. The van der Waals surface area contributed by atoms with Gasteiger partial charge in [-0.05, 0) is 154 Å². The highest BCUT2D eigenvalue weighted by atomic mass is 16.3. The van der Waals surface area contributed by atoms with Crippen LogP contribution >= 0.6 is 0 Å². The number of anilines is 3. The smallest absolute Gasteiger partial charge is 0.137 e. The van der Waals surface area contributed by atoms with Crippen molar-refractivity contribution in [1.29, 1.82) is 0 Å². The number of benzene rings is 8. The van der Waals surface area contributed by atoms with Crippen molar-refractivity contribution in [3.05, 3.63) is 199 Å². The summed E-state index contributed by atoms with van der Waals surface area (Å²) in [6, 6.07) is 69.5. The van der Waals surface area contributed by atoms with Gasteiger partial charge in [0.25, 0.3) is 0 Å². The van der Waals surface area contributed by atoms with E-state index in [4.69, 9.17) is 4.42 Å². The van der Waals surface area contributed by atoms with E-state index < -0.39 is 0 Å². The van der Waals surface area contributed by atoms with Crippen molar-refractivity contribution in [2.45, 2.75) is 37.5 Å². The van der Waals surface area contributed by atoms with Crippen molar-refractivity contribution in [3.63, 3.8) is 0 Å². The minimum atomic E-state index is 0.144. The van der Waals surface area contributed by atoms with E-state index in [2.05, 4.69) is 187 Å². The lowest BCUT2D eigenvalue weighted by Gasteiger charge is -2.61.